The molecule has 0 amide bonds. The van der Waals surface area contributed by atoms with Gasteiger partial charge in [0.2, 0.25) is 5.89 Å². The maximum Gasteiger partial charge on any atom is 0.573 e. The number of aliphatic hydroxyl groups excluding tert-OH is 1. The molecule has 0 saturated carbocycles. The quantitative estimate of drug-likeness (QED) is 0.145. The molecule has 242 valence electrons. The fourth-order valence-corrected chi connectivity index (χ4v) is 5.33. The first-order valence-corrected chi connectivity index (χ1v) is 15.1. The van der Waals surface area contributed by atoms with Crippen LogP contribution in [0.5, 0.6) is 5.75 Å². The van der Waals surface area contributed by atoms with Crippen molar-refractivity contribution in [3.63, 3.8) is 0 Å². The fraction of sp³-hybridized carbons (Fsp3) is 0.200. The van der Waals surface area contributed by atoms with Gasteiger partial charge in [0, 0.05) is 23.6 Å². The van der Waals surface area contributed by atoms with Crippen molar-refractivity contribution in [1.29, 1.82) is 0 Å². The van der Waals surface area contributed by atoms with Crippen molar-refractivity contribution in [3.8, 4) is 45.1 Å². The van der Waals surface area contributed by atoms with Crippen molar-refractivity contribution >= 4 is 9.84 Å². The Balaban J connectivity index is 1.76. The van der Waals surface area contributed by atoms with Crippen LogP contribution < -0.4 is 4.74 Å². The fourth-order valence-electron chi connectivity index (χ4n) is 4.67. The van der Waals surface area contributed by atoms with E-state index in [-0.39, 0.29) is 44.9 Å². The number of benzene rings is 3. The summed E-state index contributed by atoms with van der Waals surface area (Å²) < 4.78 is 115. The molecule has 0 atom stereocenters. The van der Waals surface area contributed by atoms with Crippen LogP contribution in [0.1, 0.15) is 17.4 Å². The number of rotatable bonds is 8. The van der Waals surface area contributed by atoms with Crippen LogP contribution >= 0.6 is 0 Å². The third-order valence-corrected chi connectivity index (χ3v) is 7.77. The number of ether oxygens (including phenoxy) is 1. The summed E-state index contributed by atoms with van der Waals surface area (Å²) in [7, 11) is -3.61. The molecule has 0 spiro atoms. The summed E-state index contributed by atoms with van der Waals surface area (Å²) in [5.74, 6) is -0.877. The van der Waals surface area contributed by atoms with Gasteiger partial charge >= 0.3 is 12.5 Å². The Morgan fingerprint density at radius 3 is 2.15 bits per heavy atom. The first-order valence-electron chi connectivity index (χ1n) is 13.2. The monoisotopic (exact) mass is 667 g/mol. The van der Waals surface area contributed by atoms with Gasteiger partial charge in [-0.2, -0.15) is 13.2 Å². The number of aromatic nitrogens is 3. The van der Waals surface area contributed by atoms with E-state index in [4.69, 9.17) is 4.42 Å². The van der Waals surface area contributed by atoms with Crippen LogP contribution in [0.4, 0.5) is 26.3 Å². The Morgan fingerprint density at radius 2 is 1.57 bits per heavy atom. The minimum atomic E-state index is -4.95. The molecule has 0 aliphatic heterocycles. The minimum Gasteiger partial charge on any atom is -0.440 e. The average Bonchev–Trinajstić information content (AvgIpc) is 3.55. The number of nitrogens with zero attached hydrogens (tertiary/aromatic N) is 3. The number of aryl methyl sites for hydroxylation is 1. The molecule has 0 aliphatic rings. The summed E-state index contributed by atoms with van der Waals surface area (Å²) >= 11 is 0. The third kappa shape index (κ3) is 7.24. The molecular weight excluding hydrogens is 644 g/mol. The molecule has 0 radical (unpaired) electrons. The molecule has 0 fully saturated rings. The molecule has 0 saturated heterocycles. The molecule has 0 bridgehead atoms. The molecule has 0 unspecified atom stereocenters. The first kappa shape index (κ1) is 32.7. The lowest BCUT2D eigenvalue weighted by atomic mass is 9.98. The van der Waals surface area contributed by atoms with Crippen LogP contribution in [0.3, 0.4) is 0 Å². The van der Waals surface area contributed by atoms with Crippen molar-refractivity contribution in [2.24, 2.45) is 0 Å². The van der Waals surface area contributed by atoms with Crippen LogP contribution in [-0.2, 0) is 22.4 Å². The van der Waals surface area contributed by atoms with Gasteiger partial charge in [-0.3, -0.25) is 0 Å². The van der Waals surface area contributed by atoms with Crippen LogP contribution in [-0.4, -0.2) is 52.1 Å². The van der Waals surface area contributed by atoms with Crippen molar-refractivity contribution in [2.45, 2.75) is 37.1 Å². The highest BCUT2D eigenvalue weighted by atomic mass is 32.2. The van der Waals surface area contributed by atoms with E-state index in [1.165, 1.54) is 49.4 Å². The molecule has 46 heavy (non-hydrogen) atoms. The van der Waals surface area contributed by atoms with Gasteiger partial charge < -0.3 is 23.9 Å². The maximum absolute atomic E-state index is 13.6. The second-order valence-electron chi connectivity index (χ2n) is 10.1. The van der Waals surface area contributed by atoms with Gasteiger partial charge in [-0.1, -0.05) is 18.2 Å². The maximum atomic E-state index is 13.6. The first-order chi connectivity index (χ1) is 21.4. The van der Waals surface area contributed by atoms with E-state index in [1.807, 2.05) is 0 Å². The van der Waals surface area contributed by atoms with Crippen LogP contribution in [0.2, 0.25) is 0 Å². The minimum absolute atomic E-state index is 0.00584. The molecule has 2 N–H and O–H groups in total. The van der Waals surface area contributed by atoms with E-state index in [0.29, 0.717) is 11.1 Å². The van der Waals surface area contributed by atoms with E-state index in [0.717, 1.165) is 29.2 Å². The van der Waals surface area contributed by atoms with E-state index < -0.39 is 46.5 Å². The van der Waals surface area contributed by atoms with Gasteiger partial charge in [0.05, 0.1) is 17.0 Å². The SMILES string of the molecule is Cc1nc(C(F)(F)F)cn1-c1ccc(-c2cccc(S(C)(=O)=O)c2)cc1-c1oc(CC(O)O)nc1-c1ccc(OC(F)(F)F)cc1. The van der Waals surface area contributed by atoms with E-state index >= 15 is 0 Å². The molecule has 9 nitrogen and oxygen atoms in total. The standard InChI is InChI=1S/C30H23F6N3O6S/c1-16-37-24(29(31,32)33)15-39(16)23-11-8-19(18-4-3-5-21(12-18)46(2,42)43)13-22(23)28-27(38-25(44-28)14-26(40)41)17-6-9-20(10-7-17)45-30(34,35)36/h3-13,15,26,40-41H,14H2,1-2H3. The highest BCUT2D eigenvalue weighted by molar-refractivity contribution is 7.90. The normalized spacial score (nSPS) is 12.6. The van der Waals surface area contributed by atoms with Gasteiger partial charge in [-0.25, -0.2) is 18.4 Å². The summed E-state index contributed by atoms with van der Waals surface area (Å²) in [4.78, 5) is 7.96. The van der Waals surface area contributed by atoms with Crippen molar-refractivity contribution in [2.75, 3.05) is 6.26 Å². The Kier molecular flexibility index (Phi) is 8.48. The van der Waals surface area contributed by atoms with Gasteiger partial charge in [0.15, 0.2) is 27.6 Å². The molecule has 2 aromatic heterocycles. The number of aliphatic hydroxyl groups is 2. The molecule has 3 aromatic carbocycles. The van der Waals surface area contributed by atoms with Crippen LogP contribution in [0, 0.1) is 6.92 Å². The second-order valence-corrected chi connectivity index (χ2v) is 12.1. The number of oxazole rings is 1. The summed E-state index contributed by atoms with van der Waals surface area (Å²) in [6.45, 7) is 1.34. The predicted molar refractivity (Wildman–Crippen MR) is 151 cm³/mol. The number of hydrogen-bond acceptors (Lipinski definition) is 8. The van der Waals surface area contributed by atoms with Crippen molar-refractivity contribution in [3.05, 3.63) is 90.3 Å². The van der Waals surface area contributed by atoms with Crippen molar-refractivity contribution in [1.82, 2.24) is 14.5 Å². The molecular formula is C30H23F6N3O6S. The Labute approximate surface area is 257 Å². The summed E-state index contributed by atoms with van der Waals surface area (Å²) in [6.07, 6.45) is -10.3. The van der Waals surface area contributed by atoms with Crippen molar-refractivity contribution < 1.29 is 54.1 Å². The van der Waals surface area contributed by atoms with Gasteiger partial charge in [0.1, 0.15) is 17.3 Å². The largest absolute Gasteiger partial charge is 0.573 e. The smallest absolute Gasteiger partial charge is 0.440 e. The summed E-state index contributed by atoms with van der Waals surface area (Å²) in [5, 5.41) is 19.2. The number of hydrogen-bond donors (Lipinski definition) is 2. The summed E-state index contributed by atoms with van der Waals surface area (Å²) in [6, 6.07) is 15.0. The van der Waals surface area contributed by atoms with E-state index in [9.17, 15) is 45.0 Å². The topological polar surface area (TPSA) is 128 Å². The zero-order valence-corrected chi connectivity index (χ0v) is 24.6. The van der Waals surface area contributed by atoms with Gasteiger partial charge in [-0.15, -0.1) is 13.2 Å². The number of alkyl halides is 6. The highest BCUT2D eigenvalue weighted by Gasteiger charge is 2.35. The lowest BCUT2D eigenvalue weighted by Crippen LogP contribution is -2.16. The Hall–Kier alpha value is -4.67. The van der Waals surface area contributed by atoms with Crippen LogP contribution in [0.15, 0.2) is 82.2 Å². The molecule has 5 rings (SSSR count). The number of halogens is 6. The average molecular weight is 668 g/mol. The zero-order chi connectivity index (χ0) is 33.6. The highest BCUT2D eigenvalue weighted by Crippen LogP contribution is 2.40. The molecule has 0 aliphatic carbocycles. The summed E-state index contributed by atoms with van der Waals surface area (Å²) in [5.41, 5.74) is 0.102. The lowest BCUT2D eigenvalue weighted by molar-refractivity contribution is -0.274. The van der Waals surface area contributed by atoms with Crippen LogP contribution in [0.25, 0.3) is 39.4 Å². The number of imidazole rings is 1. The number of sulfone groups is 1. The predicted octanol–water partition coefficient (Wildman–Crippen LogP) is 6.34. The lowest BCUT2D eigenvalue weighted by Gasteiger charge is -2.14. The molecule has 5 aromatic rings. The molecule has 16 heteroatoms. The zero-order valence-electron chi connectivity index (χ0n) is 23.8. The van der Waals surface area contributed by atoms with Gasteiger partial charge in [-0.05, 0) is 66.6 Å². The third-order valence-electron chi connectivity index (χ3n) is 6.66. The van der Waals surface area contributed by atoms with E-state index in [1.54, 1.807) is 12.1 Å². The van der Waals surface area contributed by atoms with E-state index in [2.05, 4.69) is 14.7 Å². The molecule has 2 heterocycles. The van der Waals surface area contributed by atoms with Gasteiger partial charge in [0.25, 0.3) is 0 Å². The Bertz CT molecular complexity index is 2000. The Morgan fingerprint density at radius 1 is 0.913 bits per heavy atom. The second kappa shape index (κ2) is 11.9.